The van der Waals surface area contributed by atoms with Crippen molar-refractivity contribution in [2.45, 2.75) is 26.7 Å². The maximum atomic E-state index is 12.3. The Morgan fingerprint density at radius 1 is 1.36 bits per heavy atom. The van der Waals surface area contributed by atoms with Crippen LogP contribution in [-0.4, -0.2) is 47.5 Å². The van der Waals surface area contributed by atoms with Crippen molar-refractivity contribution in [3.8, 4) is 0 Å². The van der Waals surface area contributed by atoms with E-state index in [9.17, 15) is 19.5 Å². The highest BCUT2D eigenvalue weighted by Gasteiger charge is 2.42. The van der Waals surface area contributed by atoms with Gasteiger partial charge in [-0.1, -0.05) is 18.5 Å². The van der Waals surface area contributed by atoms with Gasteiger partial charge in [-0.25, -0.2) is 4.79 Å². The Bertz CT molecular complexity index is 694. The highest BCUT2D eigenvalue weighted by molar-refractivity contribution is 6.34. The number of hydrogen-bond acceptors (Lipinski definition) is 3. The van der Waals surface area contributed by atoms with Crippen LogP contribution in [0.3, 0.4) is 0 Å². The number of urea groups is 1. The topological polar surface area (TPSA) is 98.7 Å². The molecule has 1 saturated heterocycles. The van der Waals surface area contributed by atoms with E-state index in [0.29, 0.717) is 30.8 Å². The van der Waals surface area contributed by atoms with Crippen LogP contribution in [0.4, 0.5) is 10.5 Å². The molecule has 1 heterocycles. The lowest BCUT2D eigenvalue weighted by Gasteiger charge is -2.20. The van der Waals surface area contributed by atoms with Gasteiger partial charge in [-0.3, -0.25) is 9.59 Å². The molecule has 0 radical (unpaired) electrons. The van der Waals surface area contributed by atoms with Crippen molar-refractivity contribution in [1.29, 1.82) is 0 Å². The molecule has 25 heavy (non-hydrogen) atoms. The van der Waals surface area contributed by atoms with E-state index < -0.39 is 11.4 Å². The molecule has 0 bridgehead atoms. The van der Waals surface area contributed by atoms with E-state index >= 15 is 0 Å². The van der Waals surface area contributed by atoms with Gasteiger partial charge in [-0.05, 0) is 38.0 Å². The molecule has 0 aromatic heterocycles. The highest BCUT2D eigenvalue weighted by atomic mass is 35.5. The van der Waals surface area contributed by atoms with Gasteiger partial charge in [0.15, 0.2) is 0 Å². The minimum atomic E-state index is -0.920. The monoisotopic (exact) mass is 367 g/mol. The second-order valence-corrected chi connectivity index (χ2v) is 6.83. The molecule has 1 aliphatic heterocycles. The molecule has 1 aromatic rings. The average molecular weight is 368 g/mol. The van der Waals surface area contributed by atoms with Crippen LogP contribution in [-0.2, 0) is 4.79 Å². The molecule has 0 saturated carbocycles. The van der Waals surface area contributed by atoms with Crippen molar-refractivity contribution in [1.82, 2.24) is 10.2 Å². The van der Waals surface area contributed by atoms with Crippen LogP contribution < -0.4 is 10.6 Å². The van der Waals surface area contributed by atoms with Gasteiger partial charge < -0.3 is 20.6 Å². The number of benzene rings is 1. The molecule has 1 fully saturated rings. The Balaban J connectivity index is 2.01. The summed E-state index contributed by atoms with van der Waals surface area (Å²) in [6.07, 6.45) is 1.23. The van der Waals surface area contributed by atoms with Crippen molar-refractivity contribution in [3.63, 3.8) is 0 Å². The number of anilines is 1. The first-order valence-electron chi connectivity index (χ1n) is 8.14. The molecule has 3 N–H and O–H groups in total. The van der Waals surface area contributed by atoms with Gasteiger partial charge in [-0.15, -0.1) is 0 Å². The fraction of sp³-hybridized carbons (Fsp3) is 0.471. The zero-order chi connectivity index (χ0) is 18.6. The highest BCUT2D eigenvalue weighted by Crippen LogP contribution is 2.30. The van der Waals surface area contributed by atoms with E-state index in [1.807, 2.05) is 6.92 Å². The van der Waals surface area contributed by atoms with E-state index in [0.717, 1.165) is 6.42 Å². The second-order valence-electron chi connectivity index (χ2n) is 6.42. The van der Waals surface area contributed by atoms with Crippen LogP contribution in [0, 0.1) is 5.41 Å². The zero-order valence-corrected chi connectivity index (χ0v) is 15.0. The molecular weight excluding hydrogens is 346 g/mol. The maximum Gasteiger partial charge on any atom is 0.321 e. The number of likely N-dealkylation sites (tertiary alicyclic amines) is 1. The third-order valence-corrected chi connectivity index (χ3v) is 4.59. The lowest BCUT2D eigenvalue weighted by Crippen LogP contribution is -2.37. The first-order valence-corrected chi connectivity index (χ1v) is 8.51. The number of hydrogen-bond donors (Lipinski definition) is 3. The Labute approximate surface area is 151 Å². The molecule has 1 atom stereocenters. The number of carbonyl (C=O) groups is 3. The van der Waals surface area contributed by atoms with Gasteiger partial charge in [0.1, 0.15) is 0 Å². The standard InChI is InChI=1S/C17H22ClN3O4/c1-3-7-19-14(22)12-5-4-11(9-13(12)18)20-16(25)21-8-6-17(2,10-21)15(23)24/h4-5,9H,3,6-8,10H2,1-2H3,(H,19,22)(H,20,25)(H,23,24). The number of nitrogens with zero attached hydrogens (tertiary/aromatic N) is 1. The SMILES string of the molecule is CCCNC(=O)c1ccc(NC(=O)N2CCC(C)(C(=O)O)C2)cc1Cl. The van der Waals surface area contributed by atoms with Gasteiger partial charge in [0.25, 0.3) is 5.91 Å². The molecule has 1 unspecified atom stereocenters. The Kier molecular flexibility index (Phi) is 5.89. The summed E-state index contributed by atoms with van der Waals surface area (Å²) in [5.74, 6) is -1.17. The smallest absolute Gasteiger partial charge is 0.321 e. The lowest BCUT2D eigenvalue weighted by molar-refractivity contribution is -0.146. The minimum absolute atomic E-state index is 0.152. The van der Waals surface area contributed by atoms with Gasteiger partial charge in [0.2, 0.25) is 0 Å². The largest absolute Gasteiger partial charge is 0.481 e. The Morgan fingerprint density at radius 3 is 2.64 bits per heavy atom. The number of carboxylic acids is 1. The normalized spacial score (nSPS) is 19.6. The molecule has 1 aromatic carbocycles. The van der Waals surface area contributed by atoms with E-state index in [1.165, 1.54) is 11.0 Å². The van der Waals surface area contributed by atoms with Crippen molar-refractivity contribution >= 4 is 35.2 Å². The molecule has 8 heteroatoms. The van der Waals surface area contributed by atoms with Crippen LogP contribution in [0.25, 0.3) is 0 Å². The molecule has 7 nitrogen and oxygen atoms in total. The van der Waals surface area contributed by atoms with Crippen LogP contribution in [0.2, 0.25) is 5.02 Å². The summed E-state index contributed by atoms with van der Waals surface area (Å²) in [5, 5.41) is 14.9. The number of rotatable bonds is 5. The summed E-state index contributed by atoms with van der Waals surface area (Å²) in [4.78, 5) is 37.0. The number of halogens is 1. The van der Waals surface area contributed by atoms with Crippen molar-refractivity contribution < 1.29 is 19.5 Å². The van der Waals surface area contributed by atoms with E-state index in [2.05, 4.69) is 10.6 Å². The third kappa shape index (κ3) is 4.42. The number of aliphatic carboxylic acids is 1. The first-order chi connectivity index (χ1) is 11.8. The van der Waals surface area contributed by atoms with Crippen LogP contribution >= 0.6 is 11.6 Å². The summed E-state index contributed by atoms with van der Waals surface area (Å²) in [7, 11) is 0. The van der Waals surface area contributed by atoms with Crippen LogP contribution in [0.1, 0.15) is 37.0 Å². The lowest BCUT2D eigenvalue weighted by atomic mass is 9.90. The van der Waals surface area contributed by atoms with Gasteiger partial charge in [0.05, 0.1) is 16.0 Å². The Morgan fingerprint density at radius 2 is 2.08 bits per heavy atom. The molecule has 2 rings (SSSR count). The Hall–Kier alpha value is -2.28. The second kappa shape index (κ2) is 7.74. The summed E-state index contributed by atoms with van der Waals surface area (Å²) in [6.45, 7) is 4.67. The quantitative estimate of drug-likeness (QED) is 0.745. The predicted molar refractivity (Wildman–Crippen MR) is 95.0 cm³/mol. The zero-order valence-electron chi connectivity index (χ0n) is 14.3. The minimum Gasteiger partial charge on any atom is -0.481 e. The van der Waals surface area contributed by atoms with Gasteiger partial charge in [0, 0.05) is 25.3 Å². The number of carbonyl (C=O) groups excluding carboxylic acids is 2. The average Bonchev–Trinajstić information content (AvgIpc) is 2.97. The summed E-state index contributed by atoms with van der Waals surface area (Å²) in [5.41, 5.74) is -0.130. The fourth-order valence-electron chi connectivity index (χ4n) is 2.62. The summed E-state index contributed by atoms with van der Waals surface area (Å²) >= 11 is 6.13. The maximum absolute atomic E-state index is 12.3. The number of carboxylic acid groups (broad SMARTS) is 1. The van der Waals surface area contributed by atoms with Crippen LogP contribution in [0.15, 0.2) is 18.2 Å². The van der Waals surface area contributed by atoms with E-state index in [-0.39, 0.29) is 23.5 Å². The number of nitrogens with one attached hydrogen (secondary N) is 2. The van der Waals surface area contributed by atoms with Gasteiger partial charge in [-0.2, -0.15) is 0 Å². The van der Waals surface area contributed by atoms with E-state index in [1.54, 1.807) is 19.1 Å². The molecule has 136 valence electrons. The summed E-state index contributed by atoms with van der Waals surface area (Å²) in [6, 6.07) is 4.27. The molecular formula is C17H22ClN3O4. The summed E-state index contributed by atoms with van der Waals surface area (Å²) < 4.78 is 0. The first kappa shape index (κ1) is 19.1. The molecule has 0 aliphatic carbocycles. The number of amides is 3. The van der Waals surface area contributed by atoms with Crippen molar-refractivity contribution in [3.05, 3.63) is 28.8 Å². The fourth-order valence-corrected chi connectivity index (χ4v) is 2.89. The van der Waals surface area contributed by atoms with Crippen molar-refractivity contribution in [2.75, 3.05) is 25.0 Å². The third-order valence-electron chi connectivity index (χ3n) is 4.28. The van der Waals surface area contributed by atoms with Gasteiger partial charge >= 0.3 is 12.0 Å². The van der Waals surface area contributed by atoms with Crippen molar-refractivity contribution in [2.24, 2.45) is 5.41 Å². The molecule has 0 spiro atoms. The molecule has 3 amide bonds. The predicted octanol–water partition coefficient (Wildman–Crippen LogP) is 2.81. The molecule has 1 aliphatic rings. The van der Waals surface area contributed by atoms with E-state index in [4.69, 9.17) is 11.6 Å². The van der Waals surface area contributed by atoms with Crippen LogP contribution in [0.5, 0.6) is 0 Å².